The van der Waals surface area contributed by atoms with Crippen LogP contribution < -0.4 is 10.6 Å². The van der Waals surface area contributed by atoms with E-state index in [-0.39, 0.29) is 18.3 Å². The van der Waals surface area contributed by atoms with Crippen LogP contribution in [0.15, 0.2) is 30.5 Å². The number of aromatic nitrogens is 3. The van der Waals surface area contributed by atoms with Crippen molar-refractivity contribution in [1.29, 1.82) is 0 Å². The van der Waals surface area contributed by atoms with Gasteiger partial charge in [-0.25, -0.2) is 4.68 Å². The molecule has 2 heterocycles. The van der Waals surface area contributed by atoms with Gasteiger partial charge in [-0.15, -0.1) is 17.5 Å². The van der Waals surface area contributed by atoms with Gasteiger partial charge < -0.3 is 10.6 Å². The molecule has 2 aromatic rings. The van der Waals surface area contributed by atoms with Crippen LogP contribution in [0.2, 0.25) is 5.02 Å². The van der Waals surface area contributed by atoms with Crippen molar-refractivity contribution in [2.45, 2.75) is 31.7 Å². The normalized spacial score (nSPS) is 14.8. The zero-order chi connectivity index (χ0) is 16.8. The van der Waals surface area contributed by atoms with Crippen LogP contribution in [0.3, 0.4) is 0 Å². The van der Waals surface area contributed by atoms with Crippen molar-refractivity contribution in [2.75, 3.05) is 19.6 Å². The first kappa shape index (κ1) is 19.7. The van der Waals surface area contributed by atoms with Gasteiger partial charge in [-0.1, -0.05) is 28.9 Å². The number of rotatable bonds is 6. The Balaban J connectivity index is 0.00000225. The average Bonchev–Trinajstić information content (AvgIpc) is 3.11. The minimum atomic E-state index is -0.161. The molecule has 6 nitrogen and oxygen atoms in total. The molecule has 0 saturated carbocycles. The lowest BCUT2D eigenvalue weighted by Crippen LogP contribution is -2.29. The number of nitrogens with one attached hydrogen (secondary N) is 2. The van der Waals surface area contributed by atoms with Crippen LogP contribution in [0, 0.1) is 0 Å². The molecule has 8 heteroatoms. The Hall–Kier alpha value is -1.63. The van der Waals surface area contributed by atoms with E-state index in [2.05, 4.69) is 20.9 Å². The SMILES string of the molecule is Cl.O=C(NCCCc1ccc(Cl)cc1)c1cn(C2CCNCC2)nn1. The van der Waals surface area contributed by atoms with Crippen molar-refractivity contribution in [3.63, 3.8) is 0 Å². The summed E-state index contributed by atoms with van der Waals surface area (Å²) in [6, 6.07) is 8.12. The highest BCUT2D eigenvalue weighted by Gasteiger charge is 2.18. The lowest BCUT2D eigenvalue weighted by Gasteiger charge is -2.22. The van der Waals surface area contributed by atoms with E-state index >= 15 is 0 Å². The maximum atomic E-state index is 12.1. The van der Waals surface area contributed by atoms with E-state index in [1.54, 1.807) is 6.20 Å². The summed E-state index contributed by atoms with van der Waals surface area (Å²) in [6.07, 6.45) is 5.57. The molecule has 25 heavy (non-hydrogen) atoms. The van der Waals surface area contributed by atoms with Gasteiger partial charge >= 0.3 is 0 Å². The predicted molar refractivity (Wildman–Crippen MR) is 101 cm³/mol. The summed E-state index contributed by atoms with van der Waals surface area (Å²) in [5.74, 6) is -0.161. The molecule has 2 N–H and O–H groups in total. The van der Waals surface area contributed by atoms with Gasteiger partial charge in [0.25, 0.3) is 5.91 Å². The largest absolute Gasteiger partial charge is 0.351 e. The number of aryl methyl sites for hydroxylation is 1. The molecular formula is C17H23Cl2N5O. The lowest BCUT2D eigenvalue weighted by atomic mass is 10.1. The quantitative estimate of drug-likeness (QED) is 0.752. The molecule has 0 aliphatic carbocycles. The highest BCUT2D eigenvalue weighted by Crippen LogP contribution is 2.17. The Morgan fingerprint density at radius 2 is 2.00 bits per heavy atom. The average molecular weight is 384 g/mol. The second-order valence-corrected chi connectivity index (χ2v) is 6.49. The van der Waals surface area contributed by atoms with Crippen LogP contribution in [-0.4, -0.2) is 40.5 Å². The fourth-order valence-electron chi connectivity index (χ4n) is 2.87. The molecule has 1 aliphatic heterocycles. The van der Waals surface area contributed by atoms with E-state index in [9.17, 15) is 4.79 Å². The minimum Gasteiger partial charge on any atom is -0.351 e. The molecule has 0 radical (unpaired) electrons. The number of carbonyl (C=O) groups is 1. The Morgan fingerprint density at radius 1 is 1.28 bits per heavy atom. The molecule has 3 rings (SSSR count). The summed E-state index contributed by atoms with van der Waals surface area (Å²) in [5, 5.41) is 15.1. The number of halogens is 2. The highest BCUT2D eigenvalue weighted by atomic mass is 35.5. The Labute approximate surface area is 158 Å². The van der Waals surface area contributed by atoms with Crippen molar-refractivity contribution in [3.05, 3.63) is 46.7 Å². The van der Waals surface area contributed by atoms with Crippen LogP contribution >= 0.6 is 24.0 Å². The van der Waals surface area contributed by atoms with Crippen LogP contribution in [-0.2, 0) is 6.42 Å². The van der Waals surface area contributed by atoms with Gasteiger partial charge in [0, 0.05) is 11.6 Å². The summed E-state index contributed by atoms with van der Waals surface area (Å²) in [7, 11) is 0. The Kier molecular flexibility index (Phi) is 7.68. The van der Waals surface area contributed by atoms with Gasteiger partial charge in [-0.3, -0.25) is 4.79 Å². The van der Waals surface area contributed by atoms with Crippen LogP contribution in [0.4, 0.5) is 0 Å². The third-order valence-electron chi connectivity index (χ3n) is 4.27. The summed E-state index contributed by atoms with van der Waals surface area (Å²) < 4.78 is 1.82. The van der Waals surface area contributed by atoms with Crippen LogP contribution in [0.25, 0.3) is 0 Å². The summed E-state index contributed by atoms with van der Waals surface area (Å²) in [5.41, 5.74) is 1.60. The summed E-state index contributed by atoms with van der Waals surface area (Å²) >= 11 is 5.87. The number of piperidine rings is 1. The highest BCUT2D eigenvalue weighted by molar-refractivity contribution is 6.30. The molecule has 1 fully saturated rings. The van der Waals surface area contributed by atoms with E-state index < -0.39 is 0 Å². The van der Waals surface area contributed by atoms with E-state index in [1.165, 1.54) is 5.56 Å². The second kappa shape index (κ2) is 9.75. The van der Waals surface area contributed by atoms with Crippen molar-refractivity contribution < 1.29 is 4.79 Å². The molecular weight excluding hydrogens is 361 g/mol. The zero-order valence-corrected chi connectivity index (χ0v) is 15.5. The molecule has 0 unspecified atom stereocenters. The Morgan fingerprint density at radius 3 is 2.72 bits per heavy atom. The number of hydrogen-bond acceptors (Lipinski definition) is 4. The third-order valence-corrected chi connectivity index (χ3v) is 4.52. The van der Waals surface area contributed by atoms with E-state index in [4.69, 9.17) is 11.6 Å². The number of amides is 1. The number of nitrogens with zero attached hydrogens (tertiary/aromatic N) is 3. The molecule has 0 bridgehead atoms. The molecule has 1 saturated heterocycles. The fourth-order valence-corrected chi connectivity index (χ4v) is 2.99. The van der Waals surface area contributed by atoms with E-state index in [1.807, 2.05) is 28.9 Å². The fraction of sp³-hybridized carbons (Fsp3) is 0.471. The van der Waals surface area contributed by atoms with E-state index in [0.29, 0.717) is 18.3 Å². The van der Waals surface area contributed by atoms with E-state index in [0.717, 1.165) is 43.8 Å². The van der Waals surface area contributed by atoms with Gasteiger partial charge in [0.1, 0.15) is 0 Å². The van der Waals surface area contributed by atoms with Crippen molar-refractivity contribution >= 4 is 29.9 Å². The van der Waals surface area contributed by atoms with Crippen molar-refractivity contribution in [1.82, 2.24) is 25.6 Å². The van der Waals surface area contributed by atoms with Crippen molar-refractivity contribution in [3.8, 4) is 0 Å². The lowest BCUT2D eigenvalue weighted by molar-refractivity contribution is 0.0948. The molecule has 0 atom stereocenters. The summed E-state index contributed by atoms with van der Waals surface area (Å²) in [6.45, 7) is 2.58. The molecule has 0 spiro atoms. The summed E-state index contributed by atoms with van der Waals surface area (Å²) in [4.78, 5) is 12.1. The first-order chi connectivity index (χ1) is 11.7. The standard InChI is InChI=1S/C17H22ClN5O.ClH/c18-14-5-3-13(4-6-14)2-1-9-20-17(24)16-12-23(22-21-16)15-7-10-19-11-8-15;/h3-6,12,15,19H,1-2,7-11H2,(H,20,24);1H. The van der Waals surface area contributed by atoms with Crippen LogP contribution in [0.1, 0.15) is 41.4 Å². The smallest absolute Gasteiger partial charge is 0.273 e. The number of carbonyl (C=O) groups excluding carboxylic acids is 1. The van der Waals surface area contributed by atoms with Gasteiger partial charge in [0.15, 0.2) is 5.69 Å². The predicted octanol–water partition coefficient (Wildman–Crippen LogP) is 2.64. The third kappa shape index (κ3) is 5.70. The monoisotopic (exact) mass is 383 g/mol. The Bertz CT molecular complexity index is 668. The minimum absolute atomic E-state index is 0. The molecule has 1 amide bonds. The molecule has 1 aliphatic rings. The molecule has 1 aromatic heterocycles. The first-order valence-electron chi connectivity index (χ1n) is 8.37. The van der Waals surface area contributed by atoms with Gasteiger partial charge in [0.05, 0.1) is 12.2 Å². The molecule has 136 valence electrons. The van der Waals surface area contributed by atoms with Gasteiger partial charge in [-0.2, -0.15) is 0 Å². The van der Waals surface area contributed by atoms with Gasteiger partial charge in [-0.05, 0) is 56.5 Å². The first-order valence-corrected chi connectivity index (χ1v) is 8.75. The molecule has 1 aromatic carbocycles. The second-order valence-electron chi connectivity index (χ2n) is 6.05. The van der Waals surface area contributed by atoms with Crippen molar-refractivity contribution in [2.24, 2.45) is 0 Å². The topological polar surface area (TPSA) is 71.8 Å². The number of benzene rings is 1. The van der Waals surface area contributed by atoms with Gasteiger partial charge in [0.2, 0.25) is 0 Å². The zero-order valence-electron chi connectivity index (χ0n) is 13.9. The number of hydrogen-bond donors (Lipinski definition) is 2. The maximum Gasteiger partial charge on any atom is 0.273 e. The van der Waals surface area contributed by atoms with Crippen LogP contribution in [0.5, 0.6) is 0 Å². The maximum absolute atomic E-state index is 12.1.